The van der Waals surface area contributed by atoms with Gasteiger partial charge in [0.2, 0.25) is 0 Å². The predicted molar refractivity (Wildman–Crippen MR) is 102 cm³/mol. The predicted octanol–water partition coefficient (Wildman–Crippen LogP) is 6.26. The number of nitrogens with zero attached hydrogens (tertiary/aromatic N) is 2. The highest BCUT2D eigenvalue weighted by atomic mass is 35.5. The molecule has 124 valence electrons. The minimum Gasteiger partial charge on any atom is -0.258 e. The van der Waals surface area contributed by atoms with Gasteiger partial charge in [-0.1, -0.05) is 65.3 Å². The van der Waals surface area contributed by atoms with Crippen molar-refractivity contribution in [1.82, 2.24) is 9.78 Å². The van der Waals surface area contributed by atoms with Gasteiger partial charge in [0.25, 0.3) is 0 Å². The van der Waals surface area contributed by atoms with Gasteiger partial charge in [-0.3, -0.25) is 4.68 Å². The monoisotopic (exact) mass is 376 g/mol. The minimum absolute atomic E-state index is 0.647. The van der Waals surface area contributed by atoms with Crippen LogP contribution in [-0.2, 0) is 13.0 Å². The molecule has 1 heterocycles. The summed E-state index contributed by atoms with van der Waals surface area (Å²) >= 11 is 14.0. The van der Waals surface area contributed by atoms with Crippen molar-refractivity contribution in [3.8, 4) is 0 Å². The van der Waals surface area contributed by atoms with Crippen molar-refractivity contribution in [3.05, 3.63) is 75.4 Å². The number of benzene rings is 2. The number of aromatic nitrogens is 2. The van der Waals surface area contributed by atoms with E-state index in [-0.39, 0.29) is 0 Å². The maximum absolute atomic E-state index is 6.14. The summed E-state index contributed by atoms with van der Waals surface area (Å²) in [5, 5.41) is 7.14. The standard InChI is InChI=1S/C19H18Cl2N2S/c1-3-23-19(24-17-11-15(20)10-16(21)12-17)18(13(2)22-23)9-14-7-5-4-6-8-14/h4-8,10-12H,3,9H2,1-2H3. The SMILES string of the molecule is CCn1nc(C)c(Cc2ccccc2)c1Sc1cc(Cl)cc(Cl)c1. The van der Waals surface area contributed by atoms with Crippen molar-refractivity contribution in [2.45, 2.75) is 36.7 Å². The molecule has 0 saturated heterocycles. The lowest BCUT2D eigenvalue weighted by atomic mass is 10.1. The fourth-order valence-corrected chi connectivity index (χ4v) is 4.50. The first kappa shape index (κ1) is 17.4. The van der Waals surface area contributed by atoms with E-state index in [9.17, 15) is 0 Å². The molecule has 0 spiro atoms. The van der Waals surface area contributed by atoms with Crippen LogP contribution >= 0.6 is 35.0 Å². The Labute approximate surface area is 156 Å². The van der Waals surface area contributed by atoms with Gasteiger partial charge in [-0.05, 0) is 37.6 Å². The van der Waals surface area contributed by atoms with Crippen molar-refractivity contribution >= 4 is 35.0 Å². The third-order valence-corrected chi connectivity index (χ3v) is 5.33. The lowest BCUT2D eigenvalue weighted by Gasteiger charge is -2.09. The van der Waals surface area contributed by atoms with Crippen molar-refractivity contribution < 1.29 is 0 Å². The molecular weight excluding hydrogens is 359 g/mol. The van der Waals surface area contributed by atoms with Gasteiger partial charge in [-0.2, -0.15) is 5.10 Å². The summed E-state index contributed by atoms with van der Waals surface area (Å²) in [6.07, 6.45) is 0.864. The second-order valence-electron chi connectivity index (χ2n) is 5.55. The zero-order valence-corrected chi connectivity index (χ0v) is 15.9. The Morgan fingerprint density at radius 3 is 2.33 bits per heavy atom. The summed E-state index contributed by atoms with van der Waals surface area (Å²) < 4.78 is 2.05. The topological polar surface area (TPSA) is 17.8 Å². The Morgan fingerprint density at radius 2 is 1.71 bits per heavy atom. The molecule has 0 radical (unpaired) electrons. The first-order valence-corrected chi connectivity index (χ1v) is 9.38. The Hall–Kier alpha value is -1.42. The molecule has 0 amide bonds. The molecule has 3 aromatic rings. The van der Waals surface area contributed by atoms with Crippen LogP contribution in [0.15, 0.2) is 58.5 Å². The fraction of sp³-hybridized carbons (Fsp3) is 0.211. The summed E-state index contributed by atoms with van der Waals surface area (Å²) in [6.45, 7) is 5.00. The molecule has 5 heteroatoms. The van der Waals surface area contributed by atoms with Crippen LogP contribution in [0.1, 0.15) is 23.7 Å². The average molecular weight is 377 g/mol. The first-order chi connectivity index (χ1) is 11.6. The van der Waals surface area contributed by atoms with Gasteiger partial charge in [-0.25, -0.2) is 0 Å². The summed E-state index contributed by atoms with van der Waals surface area (Å²) in [4.78, 5) is 1.02. The minimum atomic E-state index is 0.647. The van der Waals surface area contributed by atoms with E-state index in [0.717, 1.165) is 28.6 Å². The normalized spacial score (nSPS) is 11.0. The molecule has 24 heavy (non-hydrogen) atoms. The average Bonchev–Trinajstić information content (AvgIpc) is 2.83. The van der Waals surface area contributed by atoms with Gasteiger partial charge >= 0.3 is 0 Å². The summed E-state index contributed by atoms with van der Waals surface area (Å²) in [5.41, 5.74) is 3.60. The smallest absolute Gasteiger partial charge is 0.103 e. The molecule has 0 unspecified atom stereocenters. The lowest BCUT2D eigenvalue weighted by Crippen LogP contribution is -1.99. The number of hydrogen-bond donors (Lipinski definition) is 0. The maximum atomic E-state index is 6.14. The molecule has 0 fully saturated rings. The molecule has 2 nitrogen and oxygen atoms in total. The third-order valence-electron chi connectivity index (χ3n) is 3.77. The van der Waals surface area contributed by atoms with E-state index in [1.807, 2.05) is 22.9 Å². The molecule has 0 N–H and O–H groups in total. The van der Waals surface area contributed by atoms with E-state index in [4.69, 9.17) is 28.3 Å². The number of halogens is 2. The van der Waals surface area contributed by atoms with Crippen LogP contribution in [0.4, 0.5) is 0 Å². The van der Waals surface area contributed by atoms with Gasteiger partial charge in [0.15, 0.2) is 0 Å². The number of aryl methyl sites for hydroxylation is 2. The Morgan fingerprint density at radius 1 is 1.04 bits per heavy atom. The van der Waals surface area contributed by atoms with E-state index >= 15 is 0 Å². The van der Waals surface area contributed by atoms with Crippen LogP contribution in [0.3, 0.4) is 0 Å². The van der Waals surface area contributed by atoms with Crippen LogP contribution in [-0.4, -0.2) is 9.78 Å². The molecule has 1 aromatic heterocycles. The first-order valence-electron chi connectivity index (χ1n) is 7.81. The van der Waals surface area contributed by atoms with E-state index in [0.29, 0.717) is 10.0 Å². The molecule has 2 aromatic carbocycles. The quantitative estimate of drug-likeness (QED) is 0.522. The van der Waals surface area contributed by atoms with E-state index < -0.39 is 0 Å². The zero-order valence-electron chi connectivity index (χ0n) is 13.6. The highest BCUT2D eigenvalue weighted by Crippen LogP contribution is 2.36. The van der Waals surface area contributed by atoms with Gasteiger partial charge in [0, 0.05) is 33.5 Å². The van der Waals surface area contributed by atoms with Crippen LogP contribution in [0.5, 0.6) is 0 Å². The Bertz CT molecular complexity index is 824. The van der Waals surface area contributed by atoms with Crippen molar-refractivity contribution in [2.24, 2.45) is 0 Å². The summed E-state index contributed by atoms with van der Waals surface area (Å²) in [5.74, 6) is 0. The zero-order chi connectivity index (χ0) is 17.1. The highest BCUT2D eigenvalue weighted by molar-refractivity contribution is 7.99. The summed E-state index contributed by atoms with van der Waals surface area (Å²) in [7, 11) is 0. The molecule has 0 aliphatic heterocycles. The molecule has 0 atom stereocenters. The van der Waals surface area contributed by atoms with Gasteiger partial charge in [0.1, 0.15) is 5.03 Å². The highest BCUT2D eigenvalue weighted by Gasteiger charge is 2.16. The fourth-order valence-electron chi connectivity index (χ4n) is 2.63. The molecule has 0 bridgehead atoms. The van der Waals surface area contributed by atoms with E-state index in [1.54, 1.807) is 17.8 Å². The van der Waals surface area contributed by atoms with Crippen molar-refractivity contribution in [2.75, 3.05) is 0 Å². The maximum Gasteiger partial charge on any atom is 0.103 e. The molecule has 0 aliphatic rings. The summed E-state index contributed by atoms with van der Waals surface area (Å²) in [6, 6.07) is 16.1. The second kappa shape index (κ2) is 7.64. The molecule has 0 aliphatic carbocycles. The third kappa shape index (κ3) is 3.97. The van der Waals surface area contributed by atoms with Crippen LogP contribution < -0.4 is 0 Å². The van der Waals surface area contributed by atoms with E-state index in [2.05, 4.69) is 38.1 Å². The van der Waals surface area contributed by atoms with Crippen LogP contribution in [0.25, 0.3) is 0 Å². The Kier molecular flexibility index (Phi) is 5.54. The Balaban J connectivity index is 1.99. The van der Waals surface area contributed by atoms with Crippen molar-refractivity contribution in [1.29, 1.82) is 0 Å². The lowest BCUT2D eigenvalue weighted by molar-refractivity contribution is 0.599. The van der Waals surface area contributed by atoms with Gasteiger partial charge in [0.05, 0.1) is 5.69 Å². The molecule has 0 saturated carbocycles. The second-order valence-corrected chi connectivity index (χ2v) is 7.49. The number of rotatable bonds is 5. The van der Waals surface area contributed by atoms with Crippen LogP contribution in [0.2, 0.25) is 10.0 Å². The van der Waals surface area contributed by atoms with Gasteiger partial charge < -0.3 is 0 Å². The van der Waals surface area contributed by atoms with E-state index in [1.165, 1.54) is 11.1 Å². The molecule has 3 rings (SSSR count). The largest absolute Gasteiger partial charge is 0.258 e. The van der Waals surface area contributed by atoms with Crippen LogP contribution in [0, 0.1) is 6.92 Å². The number of hydrogen-bond acceptors (Lipinski definition) is 2. The molecular formula is C19H18Cl2N2S. The van der Waals surface area contributed by atoms with Gasteiger partial charge in [-0.15, -0.1) is 0 Å². The van der Waals surface area contributed by atoms with Crippen molar-refractivity contribution in [3.63, 3.8) is 0 Å².